The van der Waals surface area contributed by atoms with Crippen molar-refractivity contribution < 1.29 is 17.9 Å². The Morgan fingerprint density at radius 2 is 2.24 bits per heavy atom. The Morgan fingerprint density at radius 1 is 1.48 bits per heavy atom. The van der Waals surface area contributed by atoms with E-state index < -0.39 is 10.0 Å². The number of sulfonamides is 1. The molecule has 21 heavy (non-hydrogen) atoms. The van der Waals surface area contributed by atoms with Crippen LogP contribution in [-0.4, -0.2) is 47.9 Å². The average molecular weight is 315 g/mol. The Hall–Kier alpha value is -1.41. The molecule has 1 fully saturated rings. The number of rotatable bonds is 5. The van der Waals surface area contributed by atoms with Gasteiger partial charge in [0, 0.05) is 25.8 Å². The first-order valence-corrected chi connectivity index (χ1v) is 8.61. The number of hydrogen-bond acceptors (Lipinski definition) is 5. The fourth-order valence-electron chi connectivity index (χ4n) is 2.39. The maximum absolute atomic E-state index is 12.5. The van der Waals surface area contributed by atoms with Crippen molar-refractivity contribution in [3.63, 3.8) is 0 Å². The SMILES string of the molecule is CCOC(=O)[C@@H]1CCCN(S(=O)(=O)c2cn(CC)cn2)C1. The fourth-order valence-corrected chi connectivity index (χ4v) is 3.85. The van der Waals surface area contributed by atoms with E-state index in [9.17, 15) is 13.2 Å². The van der Waals surface area contributed by atoms with E-state index in [0.717, 1.165) is 0 Å². The first kappa shape index (κ1) is 16.0. The number of hydrogen-bond donors (Lipinski definition) is 0. The molecule has 0 N–H and O–H groups in total. The van der Waals surface area contributed by atoms with Gasteiger partial charge in [0.2, 0.25) is 0 Å². The minimum Gasteiger partial charge on any atom is -0.466 e. The highest BCUT2D eigenvalue weighted by molar-refractivity contribution is 7.89. The van der Waals surface area contributed by atoms with Crippen LogP contribution in [0.25, 0.3) is 0 Å². The lowest BCUT2D eigenvalue weighted by Gasteiger charge is -2.29. The maximum atomic E-state index is 12.5. The first-order chi connectivity index (χ1) is 9.98. The van der Waals surface area contributed by atoms with Crippen molar-refractivity contribution in [1.29, 1.82) is 0 Å². The summed E-state index contributed by atoms with van der Waals surface area (Å²) in [6.45, 7) is 5.21. The van der Waals surface area contributed by atoms with Gasteiger partial charge in [-0.25, -0.2) is 13.4 Å². The molecule has 0 aliphatic carbocycles. The lowest BCUT2D eigenvalue weighted by molar-refractivity contribution is -0.149. The second-order valence-electron chi connectivity index (χ2n) is 5.00. The quantitative estimate of drug-likeness (QED) is 0.753. The molecule has 0 aromatic carbocycles. The summed E-state index contributed by atoms with van der Waals surface area (Å²) in [5, 5.41) is 0.0360. The third-order valence-electron chi connectivity index (χ3n) is 3.58. The van der Waals surface area contributed by atoms with Crippen molar-refractivity contribution >= 4 is 16.0 Å². The van der Waals surface area contributed by atoms with Crippen molar-refractivity contribution in [2.45, 2.75) is 38.3 Å². The third kappa shape index (κ3) is 3.44. The number of esters is 1. The minimum atomic E-state index is -3.64. The molecule has 2 heterocycles. The van der Waals surface area contributed by atoms with Crippen LogP contribution in [0.1, 0.15) is 26.7 Å². The highest BCUT2D eigenvalue weighted by atomic mass is 32.2. The summed E-state index contributed by atoms with van der Waals surface area (Å²) in [4.78, 5) is 15.8. The summed E-state index contributed by atoms with van der Waals surface area (Å²) in [6.07, 6.45) is 4.33. The van der Waals surface area contributed by atoms with Crippen LogP contribution in [0.2, 0.25) is 0 Å². The number of nitrogens with zero attached hydrogens (tertiary/aromatic N) is 3. The highest BCUT2D eigenvalue weighted by Crippen LogP contribution is 2.23. The summed E-state index contributed by atoms with van der Waals surface area (Å²) in [7, 11) is -3.64. The summed E-state index contributed by atoms with van der Waals surface area (Å²) in [6, 6.07) is 0. The molecule has 1 aliphatic heterocycles. The Labute approximate surface area is 125 Å². The molecule has 8 heteroatoms. The molecule has 0 saturated carbocycles. The van der Waals surface area contributed by atoms with E-state index in [1.807, 2.05) is 6.92 Å². The molecular formula is C13H21N3O4S. The molecule has 0 unspecified atom stereocenters. The van der Waals surface area contributed by atoms with Gasteiger partial charge in [-0.05, 0) is 26.7 Å². The van der Waals surface area contributed by atoms with Crippen LogP contribution in [0.3, 0.4) is 0 Å². The van der Waals surface area contributed by atoms with Gasteiger partial charge >= 0.3 is 5.97 Å². The largest absolute Gasteiger partial charge is 0.466 e. The smallest absolute Gasteiger partial charge is 0.310 e. The highest BCUT2D eigenvalue weighted by Gasteiger charge is 2.35. The van der Waals surface area contributed by atoms with Gasteiger partial charge < -0.3 is 9.30 Å². The zero-order valence-corrected chi connectivity index (χ0v) is 13.2. The summed E-state index contributed by atoms with van der Waals surface area (Å²) in [5.74, 6) is -0.710. The van der Waals surface area contributed by atoms with Crippen LogP contribution >= 0.6 is 0 Å². The van der Waals surface area contributed by atoms with Gasteiger partial charge in [-0.15, -0.1) is 0 Å². The molecular weight excluding hydrogens is 294 g/mol. The second kappa shape index (κ2) is 6.57. The van der Waals surface area contributed by atoms with Crippen molar-refractivity contribution in [1.82, 2.24) is 13.9 Å². The molecule has 1 aliphatic rings. The molecule has 0 bridgehead atoms. The van der Waals surface area contributed by atoms with Gasteiger partial charge in [0.25, 0.3) is 10.0 Å². The second-order valence-corrected chi connectivity index (χ2v) is 6.88. The molecule has 0 radical (unpaired) electrons. The van der Waals surface area contributed by atoms with Gasteiger partial charge in [-0.2, -0.15) is 4.31 Å². The standard InChI is InChI=1S/C13H21N3O4S/c1-3-15-9-12(14-10-15)21(18,19)16-7-5-6-11(8-16)13(17)20-4-2/h9-11H,3-8H2,1-2H3/t11-/m1/s1. The van der Waals surface area contributed by atoms with Crippen LogP contribution in [0.5, 0.6) is 0 Å². The lowest BCUT2D eigenvalue weighted by atomic mass is 10.0. The topological polar surface area (TPSA) is 81.5 Å². The molecule has 0 spiro atoms. The van der Waals surface area contributed by atoms with E-state index >= 15 is 0 Å². The lowest BCUT2D eigenvalue weighted by Crippen LogP contribution is -2.42. The van der Waals surface area contributed by atoms with E-state index in [2.05, 4.69) is 4.98 Å². The van der Waals surface area contributed by atoms with Crippen LogP contribution in [0, 0.1) is 5.92 Å². The van der Waals surface area contributed by atoms with Crippen LogP contribution < -0.4 is 0 Å². The number of imidazole rings is 1. The zero-order valence-electron chi connectivity index (χ0n) is 12.4. The average Bonchev–Trinajstić information content (AvgIpc) is 2.97. The van der Waals surface area contributed by atoms with E-state index in [0.29, 0.717) is 32.5 Å². The normalized spacial score (nSPS) is 20.4. The van der Waals surface area contributed by atoms with Crippen LogP contribution in [-0.2, 0) is 26.1 Å². The number of aryl methyl sites for hydroxylation is 1. The van der Waals surface area contributed by atoms with Crippen molar-refractivity contribution in [3.05, 3.63) is 12.5 Å². The molecule has 1 aromatic rings. The summed E-state index contributed by atoms with van der Waals surface area (Å²) >= 11 is 0. The minimum absolute atomic E-state index is 0.0360. The zero-order chi connectivity index (χ0) is 15.5. The van der Waals surface area contributed by atoms with Gasteiger partial charge in [0.15, 0.2) is 5.03 Å². The van der Waals surface area contributed by atoms with Crippen molar-refractivity contribution in [2.24, 2.45) is 5.92 Å². The predicted octanol–water partition coefficient (Wildman–Crippen LogP) is 0.867. The van der Waals surface area contributed by atoms with E-state index in [-0.39, 0.29) is 23.5 Å². The Bertz CT molecular complexity index is 596. The van der Waals surface area contributed by atoms with E-state index in [1.165, 1.54) is 16.8 Å². The van der Waals surface area contributed by atoms with E-state index in [1.54, 1.807) is 11.5 Å². The number of ether oxygens (including phenoxy) is 1. The summed E-state index contributed by atoms with van der Waals surface area (Å²) in [5.41, 5.74) is 0. The number of piperidine rings is 1. The Balaban J connectivity index is 2.14. The number of carbonyl (C=O) groups is 1. The van der Waals surface area contributed by atoms with Gasteiger partial charge in [0.05, 0.1) is 18.9 Å². The Kier molecular flexibility index (Phi) is 5.00. The van der Waals surface area contributed by atoms with Crippen molar-refractivity contribution in [2.75, 3.05) is 19.7 Å². The van der Waals surface area contributed by atoms with Gasteiger partial charge in [-0.1, -0.05) is 0 Å². The molecule has 7 nitrogen and oxygen atoms in total. The van der Waals surface area contributed by atoms with Gasteiger partial charge in [0.1, 0.15) is 0 Å². The third-order valence-corrected chi connectivity index (χ3v) is 5.33. The molecule has 1 atom stereocenters. The number of carbonyl (C=O) groups excluding carboxylic acids is 1. The number of aromatic nitrogens is 2. The van der Waals surface area contributed by atoms with Crippen LogP contribution in [0.4, 0.5) is 0 Å². The first-order valence-electron chi connectivity index (χ1n) is 7.17. The molecule has 1 aromatic heterocycles. The molecule has 118 valence electrons. The fraction of sp³-hybridized carbons (Fsp3) is 0.692. The Morgan fingerprint density at radius 3 is 2.86 bits per heavy atom. The van der Waals surface area contributed by atoms with Gasteiger partial charge in [-0.3, -0.25) is 4.79 Å². The van der Waals surface area contributed by atoms with E-state index in [4.69, 9.17) is 4.74 Å². The maximum Gasteiger partial charge on any atom is 0.310 e. The molecule has 0 amide bonds. The van der Waals surface area contributed by atoms with Crippen molar-refractivity contribution in [3.8, 4) is 0 Å². The summed E-state index contributed by atoms with van der Waals surface area (Å²) < 4.78 is 33.1. The predicted molar refractivity (Wildman–Crippen MR) is 76.0 cm³/mol. The molecule has 2 rings (SSSR count). The molecule has 1 saturated heterocycles. The monoisotopic (exact) mass is 315 g/mol. The van der Waals surface area contributed by atoms with Crippen LogP contribution in [0.15, 0.2) is 17.6 Å².